The zero-order chi connectivity index (χ0) is 26.8. The van der Waals surface area contributed by atoms with Gasteiger partial charge >= 0.3 is 11.8 Å². The van der Waals surface area contributed by atoms with Crippen LogP contribution < -0.4 is 25.5 Å². The molecule has 192 valence electrons. The van der Waals surface area contributed by atoms with Crippen molar-refractivity contribution in [2.45, 2.75) is 27.7 Å². The number of hydrogen-bond donors (Lipinski definition) is 3. The van der Waals surface area contributed by atoms with Crippen LogP contribution in [0.4, 0.5) is 11.4 Å². The van der Waals surface area contributed by atoms with Crippen LogP contribution in [-0.4, -0.2) is 37.1 Å². The van der Waals surface area contributed by atoms with Crippen molar-refractivity contribution in [1.82, 2.24) is 5.43 Å². The first-order valence-corrected chi connectivity index (χ1v) is 11.7. The van der Waals surface area contributed by atoms with E-state index in [0.717, 1.165) is 22.4 Å². The molecule has 0 spiro atoms. The van der Waals surface area contributed by atoms with E-state index >= 15 is 0 Å². The molecule has 37 heavy (non-hydrogen) atoms. The van der Waals surface area contributed by atoms with Crippen molar-refractivity contribution < 1.29 is 23.9 Å². The van der Waals surface area contributed by atoms with Crippen LogP contribution in [-0.2, 0) is 14.4 Å². The van der Waals surface area contributed by atoms with Crippen LogP contribution in [0.2, 0.25) is 0 Å². The Morgan fingerprint density at radius 1 is 0.811 bits per heavy atom. The van der Waals surface area contributed by atoms with Gasteiger partial charge in [0.15, 0.2) is 18.1 Å². The van der Waals surface area contributed by atoms with Crippen molar-refractivity contribution >= 4 is 35.3 Å². The van der Waals surface area contributed by atoms with E-state index in [1.807, 2.05) is 58.0 Å². The van der Waals surface area contributed by atoms with Crippen molar-refractivity contribution in [2.24, 2.45) is 5.10 Å². The molecule has 0 aromatic heterocycles. The molecule has 0 saturated heterocycles. The molecule has 3 aromatic carbocycles. The van der Waals surface area contributed by atoms with Crippen LogP contribution in [0.5, 0.6) is 11.5 Å². The molecular formula is C28H30N4O5. The Bertz CT molecular complexity index is 1320. The average Bonchev–Trinajstić information content (AvgIpc) is 2.87. The smallest absolute Gasteiger partial charge is 0.329 e. The van der Waals surface area contributed by atoms with Gasteiger partial charge in [-0.3, -0.25) is 14.4 Å². The predicted molar refractivity (Wildman–Crippen MR) is 143 cm³/mol. The van der Waals surface area contributed by atoms with Crippen LogP contribution in [0.3, 0.4) is 0 Å². The van der Waals surface area contributed by atoms with Crippen molar-refractivity contribution in [3.8, 4) is 11.5 Å². The third-order valence-corrected chi connectivity index (χ3v) is 5.48. The summed E-state index contributed by atoms with van der Waals surface area (Å²) in [5, 5.41) is 9.24. The number of aryl methyl sites for hydroxylation is 2. The van der Waals surface area contributed by atoms with E-state index in [1.54, 1.807) is 30.3 Å². The molecule has 3 aromatic rings. The number of benzene rings is 3. The highest BCUT2D eigenvalue weighted by Crippen LogP contribution is 2.28. The summed E-state index contributed by atoms with van der Waals surface area (Å²) in [5.74, 6) is -1.23. The van der Waals surface area contributed by atoms with E-state index in [1.165, 1.54) is 6.21 Å². The van der Waals surface area contributed by atoms with Gasteiger partial charge in [0.05, 0.1) is 12.8 Å². The Kier molecular flexibility index (Phi) is 9.37. The third-order valence-electron chi connectivity index (χ3n) is 5.48. The highest BCUT2D eigenvalue weighted by Gasteiger charge is 2.14. The van der Waals surface area contributed by atoms with Gasteiger partial charge in [-0.15, -0.1) is 0 Å². The number of carbonyl (C=O) groups excluding carboxylic acids is 3. The minimum Gasteiger partial charge on any atom is -0.490 e. The first-order valence-electron chi connectivity index (χ1n) is 11.7. The lowest BCUT2D eigenvalue weighted by atomic mass is 10.1. The standard InChI is InChI=1S/C28H30N4O5/c1-5-36-25-15-21(16-29-32-28(35)27(34)31-22-11-7-6-9-19(22)3)13-14-24(25)37-17-26(33)30-23-12-8-10-18(2)20(23)4/h6-16H,5,17H2,1-4H3,(H,30,33)(H,31,34)(H,32,35)/b29-16-. The lowest BCUT2D eigenvalue weighted by Gasteiger charge is -2.14. The molecule has 3 N–H and O–H groups in total. The number of hydrogen-bond acceptors (Lipinski definition) is 6. The van der Waals surface area contributed by atoms with Crippen molar-refractivity contribution in [1.29, 1.82) is 0 Å². The van der Waals surface area contributed by atoms with Gasteiger partial charge < -0.3 is 20.1 Å². The van der Waals surface area contributed by atoms with Gasteiger partial charge in [-0.25, -0.2) is 5.43 Å². The summed E-state index contributed by atoms with van der Waals surface area (Å²) < 4.78 is 11.3. The molecule has 0 bridgehead atoms. The fourth-order valence-corrected chi connectivity index (χ4v) is 3.32. The molecule has 3 amide bonds. The van der Waals surface area contributed by atoms with Gasteiger partial charge in [0.2, 0.25) is 0 Å². The van der Waals surface area contributed by atoms with E-state index in [0.29, 0.717) is 29.4 Å². The van der Waals surface area contributed by atoms with E-state index < -0.39 is 11.8 Å². The summed E-state index contributed by atoms with van der Waals surface area (Å²) in [4.78, 5) is 36.6. The Balaban J connectivity index is 1.58. The average molecular weight is 503 g/mol. The lowest BCUT2D eigenvalue weighted by molar-refractivity contribution is -0.136. The first kappa shape index (κ1) is 26.9. The summed E-state index contributed by atoms with van der Waals surface area (Å²) in [6.45, 7) is 7.75. The van der Waals surface area contributed by atoms with Gasteiger partial charge in [0, 0.05) is 11.4 Å². The second-order valence-corrected chi connectivity index (χ2v) is 8.19. The number of para-hydroxylation sites is 1. The zero-order valence-electron chi connectivity index (χ0n) is 21.3. The van der Waals surface area contributed by atoms with Gasteiger partial charge in [0.1, 0.15) is 0 Å². The minimum atomic E-state index is -0.903. The molecule has 0 radical (unpaired) electrons. The molecule has 9 nitrogen and oxygen atoms in total. The number of nitrogens with zero attached hydrogens (tertiary/aromatic N) is 1. The van der Waals surface area contributed by atoms with Crippen molar-refractivity contribution in [3.05, 3.63) is 82.9 Å². The molecule has 9 heteroatoms. The van der Waals surface area contributed by atoms with Crippen LogP contribution >= 0.6 is 0 Å². The molecule has 3 rings (SSSR count). The molecule has 0 aliphatic carbocycles. The van der Waals surface area contributed by atoms with Crippen LogP contribution in [0.25, 0.3) is 0 Å². The maximum Gasteiger partial charge on any atom is 0.329 e. The summed E-state index contributed by atoms with van der Waals surface area (Å²) in [6, 6.07) is 17.8. The maximum absolute atomic E-state index is 12.4. The molecule has 0 unspecified atom stereocenters. The molecule has 0 saturated carbocycles. The third kappa shape index (κ3) is 7.66. The largest absolute Gasteiger partial charge is 0.490 e. The number of ether oxygens (including phenoxy) is 2. The highest BCUT2D eigenvalue weighted by atomic mass is 16.5. The number of anilines is 2. The minimum absolute atomic E-state index is 0.201. The Morgan fingerprint density at radius 3 is 2.30 bits per heavy atom. The summed E-state index contributed by atoms with van der Waals surface area (Å²) >= 11 is 0. The molecule has 0 aliphatic rings. The molecule has 0 fully saturated rings. The van der Waals surface area contributed by atoms with Gasteiger partial charge in [-0.05, 0) is 80.3 Å². The van der Waals surface area contributed by atoms with Crippen LogP contribution in [0, 0.1) is 20.8 Å². The molecule has 0 heterocycles. The Hall–Kier alpha value is -4.66. The van der Waals surface area contributed by atoms with Gasteiger partial charge in [-0.1, -0.05) is 30.3 Å². The number of nitrogens with one attached hydrogen (secondary N) is 3. The van der Waals surface area contributed by atoms with E-state index in [2.05, 4.69) is 21.2 Å². The highest BCUT2D eigenvalue weighted by molar-refractivity contribution is 6.39. The summed E-state index contributed by atoms with van der Waals surface area (Å²) in [5.41, 5.74) is 6.99. The van der Waals surface area contributed by atoms with E-state index in [-0.39, 0.29) is 12.5 Å². The second kappa shape index (κ2) is 12.9. The summed E-state index contributed by atoms with van der Waals surface area (Å²) in [6.07, 6.45) is 1.37. The monoisotopic (exact) mass is 502 g/mol. The number of rotatable bonds is 9. The quantitative estimate of drug-likeness (QED) is 0.231. The van der Waals surface area contributed by atoms with Crippen molar-refractivity contribution in [2.75, 3.05) is 23.8 Å². The zero-order valence-corrected chi connectivity index (χ0v) is 21.3. The van der Waals surface area contributed by atoms with E-state index in [9.17, 15) is 14.4 Å². The normalized spacial score (nSPS) is 10.6. The Morgan fingerprint density at radius 2 is 1.54 bits per heavy atom. The van der Waals surface area contributed by atoms with E-state index in [4.69, 9.17) is 9.47 Å². The molecular weight excluding hydrogens is 472 g/mol. The Labute approximate surface area is 215 Å². The maximum atomic E-state index is 12.4. The summed E-state index contributed by atoms with van der Waals surface area (Å²) in [7, 11) is 0. The predicted octanol–water partition coefficient (Wildman–Crippen LogP) is 4.12. The van der Waals surface area contributed by atoms with Gasteiger partial charge in [-0.2, -0.15) is 5.10 Å². The number of hydrazone groups is 1. The number of carbonyl (C=O) groups is 3. The van der Waals surface area contributed by atoms with Crippen molar-refractivity contribution in [3.63, 3.8) is 0 Å². The fraction of sp³-hybridized carbons (Fsp3) is 0.214. The lowest BCUT2D eigenvalue weighted by Crippen LogP contribution is -2.32. The molecule has 0 aliphatic heterocycles. The van der Waals surface area contributed by atoms with Gasteiger partial charge in [0.25, 0.3) is 5.91 Å². The topological polar surface area (TPSA) is 118 Å². The van der Waals surface area contributed by atoms with Crippen LogP contribution in [0.1, 0.15) is 29.2 Å². The van der Waals surface area contributed by atoms with Crippen LogP contribution in [0.15, 0.2) is 65.8 Å². The first-order chi connectivity index (χ1) is 17.8. The fourth-order valence-electron chi connectivity index (χ4n) is 3.32. The SMILES string of the molecule is CCOc1cc(/C=N\NC(=O)C(=O)Nc2ccccc2C)ccc1OCC(=O)Nc1cccc(C)c1C. The number of amides is 3. The second-order valence-electron chi connectivity index (χ2n) is 8.19. The molecule has 0 atom stereocenters.